The van der Waals surface area contributed by atoms with E-state index >= 15 is 0 Å². The molecule has 0 aromatic carbocycles. The molecule has 0 rings (SSSR count). The van der Waals surface area contributed by atoms with E-state index < -0.39 is 26.9 Å². The summed E-state index contributed by atoms with van der Waals surface area (Å²) in [4.78, 5) is 8.89. The van der Waals surface area contributed by atoms with Crippen LogP contribution in [-0.2, 0) is 4.79 Å². The molecule has 0 aromatic heterocycles. The average Bonchev–Trinajstić information content (AvgIpc) is 2.09. The summed E-state index contributed by atoms with van der Waals surface area (Å²) in [5.41, 5.74) is 0. The van der Waals surface area contributed by atoms with Gasteiger partial charge in [0.2, 0.25) is 0 Å². The third kappa shape index (κ3) is 31.5. The van der Waals surface area contributed by atoms with E-state index in [0.29, 0.717) is 0 Å². The summed E-state index contributed by atoms with van der Waals surface area (Å²) < 4.78 is 23.9. The van der Waals surface area contributed by atoms with Gasteiger partial charge in [-0.3, -0.25) is 0 Å². The Hall–Kier alpha value is 0.129. The number of hydrogen-bond donors (Lipinski definition) is 0. The van der Waals surface area contributed by atoms with Crippen LogP contribution in [-0.4, -0.2) is 26.9 Å². The number of hydrogen-bond acceptors (Lipinski definition) is 2. The fourth-order valence-electron chi connectivity index (χ4n) is 1.04. The van der Waals surface area contributed by atoms with Crippen molar-refractivity contribution in [1.29, 1.82) is 0 Å². The molecule has 2 nitrogen and oxygen atoms in total. The van der Waals surface area contributed by atoms with E-state index in [9.17, 15) is 5.73 Å². The molecule has 0 amide bonds. The summed E-state index contributed by atoms with van der Waals surface area (Å²) in [6, 6.07) is 0. The molecule has 0 aliphatic carbocycles. The van der Waals surface area contributed by atoms with E-state index in [-0.39, 0.29) is 4.44 Å². The van der Waals surface area contributed by atoms with Crippen LogP contribution < -0.4 is 5.11 Å². The number of carbonyl (C=O) groups is 1. The van der Waals surface area contributed by atoms with Crippen molar-refractivity contribution in [2.24, 2.45) is 0 Å². The molecule has 15 heavy (non-hydrogen) atoms. The first-order valence-corrected chi connectivity index (χ1v) is 9.52. The minimum absolute atomic E-state index is 0.286. The number of carbonyl (C=O) groups excluding carboxylic acids is 1. The molecule has 0 N–H and O–H groups in total. The van der Waals surface area contributed by atoms with Crippen LogP contribution in [0.3, 0.4) is 0 Å². The zero-order chi connectivity index (χ0) is 12.1. The standard InChI is InChI=1S/C8H17.C2H4O2.2FH.Sn/c1-3-5-7-8-6-4-2;1-2(3)4;;;/h1,3-8H2,2H3;1H3,(H,3,4);2*1H;/q;;;;+3/p-3. The van der Waals surface area contributed by atoms with Gasteiger partial charge in [0.05, 0.1) is 0 Å². The minimum atomic E-state index is -3.70. The molecule has 0 aromatic rings. The zero-order valence-corrected chi connectivity index (χ0v) is 12.4. The van der Waals surface area contributed by atoms with Crippen molar-refractivity contribution < 1.29 is 15.6 Å². The van der Waals surface area contributed by atoms with E-state index in [1.54, 1.807) is 0 Å². The summed E-state index contributed by atoms with van der Waals surface area (Å²) in [5, 5.41) is 8.89. The van der Waals surface area contributed by atoms with Crippen molar-refractivity contribution in [3.05, 3.63) is 0 Å². The number of carboxylic acid groups (broad SMARTS) is 1. The number of unbranched alkanes of at least 4 members (excludes halogenated alkanes) is 5. The van der Waals surface area contributed by atoms with Crippen LogP contribution in [0.2, 0.25) is 4.44 Å². The first-order valence-electron chi connectivity index (χ1n) is 5.35. The van der Waals surface area contributed by atoms with Crippen molar-refractivity contribution in [3.8, 4) is 0 Å². The summed E-state index contributed by atoms with van der Waals surface area (Å²) in [7, 11) is 0. The van der Waals surface area contributed by atoms with Gasteiger partial charge in [-0.05, 0) is 6.92 Å². The van der Waals surface area contributed by atoms with Crippen LogP contribution in [0.5, 0.6) is 0 Å². The third-order valence-corrected chi connectivity index (χ3v) is 3.81. The van der Waals surface area contributed by atoms with Crippen LogP contribution >= 0.6 is 0 Å². The molecule has 0 heterocycles. The van der Waals surface area contributed by atoms with E-state index in [0.717, 1.165) is 26.2 Å². The van der Waals surface area contributed by atoms with E-state index in [2.05, 4.69) is 6.92 Å². The Bertz CT molecular complexity index is 139. The predicted octanol–water partition coefficient (Wildman–Crippen LogP) is 2.53. The van der Waals surface area contributed by atoms with Crippen LogP contribution in [0.4, 0.5) is 5.73 Å². The summed E-state index contributed by atoms with van der Waals surface area (Å²) in [6.07, 6.45) is 6.69. The van der Waals surface area contributed by atoms with Crippen LogP contribution in [0.1, 0.15) is 52.4 Å². The molecule has 0 spiro atoms. The molecule has 0 unspecified atom stereocenters. The second kappa shape index (κ2) is 14.1. The molecule has 0 aliphatic rings. The van der Waals surface area contributed by atoms with Gasteiger partial charge in [-0.25, -0.2) is 0 Å². The zero-order valence-electron chi connectivity index (χ0n) is 9.52. The molecule has 0 saturated carbocycles. The van der Waals surface area contributed by atoms with Crippen LogP contribution in [0.15, 0.2) is 0 Å². The molecule has 0 bridgehead atoms. The summed E-state index contributed by atoms with van der Waals surface area (Å²) in [5.74, 6) is -1.08. The molecule has 0 fully saturated rings. The SMILES string of the molecule is CC(=O)[O-].CCCCCCC[CH2][Sn+]([F])[F]. The van der Waals surface area contributed by atoms with Crippen molar-refractivity contribution in [2.45, 2.75) is 56.8 Å². The second-order valence-electron chi connectivity index (χ2n) is 3.35. The summed E-state index contributed by atoms with van der Waals surface area (Å²) in [6.45, 7) is 3.13. The van der Waals surface area contributed by atoms with Crippen molar-refractivity contribution in [3.63, 3.8) is 0 Å². The Labute approximate surface area is 99.4 Å². The van der Waals surface area contributed by atoms with E-state index in [4.69, 9.17) is 9.90 Å². The van der Waals surface area contributed by atoms with Gasteiger partial charge in [0.1, 0.15) is 0 Å². The average molecular weight is 329 g/mol. The number of halogens is 2. The van der Waals surface area contributed by atoms with Crippen molar-refractivity contribution in [1.82, 2.24) is 0 Å². The first-order chi connectivity index (χ1) is 7.00. The Kier molecular flexibility index (Phi) is 16.5. The maximum atomic E-state index is 11.8. The fourth-order valence-corrected chi connectivity index (χ4v) is 2.52. The van der Waals surface area contributed by atoms with Gasteiger partial charge in [-0.1, -0.05) is 0 Å². The maximum absolute atomic E-state index is 11.8. The molecule has 90 valence electrons. The van der Waals surface area contributed by atoms with Gasteiger partial charge >= 0.3 is 76.5 Å². The van der Waals surface area contributed by atoms with Crippen molar-refractivity contribution in [2.75, 3.05) is 0 Å². The molecule has 0 saturated heterocycles. The molecule has 0 aliphatic heterocycles. The topological polar surface area (TPSA) is 40.1 Å². The fraction of sp³-hybridized carbons (Fsp3) is 0.900. The van der Waals surface area contributed by atoms with Gasteiger partial charge in [0.25, 0.3) is 0 Å². The number of rotatable bonds is 7. The van der Waals surface area contributed by atoms with Gasteiger partial charge in [-0.2, -0.15) is 0 Å². The predicted molar refractivity (Wildman–Crippen MR) is 56.8 cm³/mol. The Morgan fingerprint density at radius 3 is 1.93 bits per heavy atom. The van der Waals surface area contributed by atoms with E-state index in [1.807, 2.05) is 0 Å². The second-order valence-corrected chi connectivity index (χ2v) is 6.71. The summed E-state index contributed by atoms with van der Waals surface area (Å²) >= 11 is -3.70. The molecule has 5 heteroatoms. The quantitative estimate of drug-likeness (QED) is 0.532. The molecular weight excluding hydrogens is 309 g/mol. The first kappa shape index (κ1) is 17.5. The number of carboxylic acids is 1. The molecule has 0 atom stereocenters. The molecular formula is C10H20F2O2Sn. The Morgan fingerprint density at radius 2 is 1.53 bits per heavy atom. The van der Waals surface area contributed by atoms with Crippen LogP contribution in [0.25, 0.3) is 0 Å². The Morgan fingerprint density at radius 1 is 1.13 bits per heavy atom. The van der Waals surface area contributed by atoms with Crippen LogP contribution in [0, 0.1) is 0 Å². The normalized spacial score (nSPS) is 9.07. The number of aliphatic carboxylic acids is 1. The Balaban J connectivity index is 0. The third-order valence-electron chi connectivity index (χ3n) is 1.72. The van der Waals surface area contributed by atoms with E-state index in [1.165, 1.54) is 19.3 Å². The molecule has 0 radical (unpaired) electrons. The van der Waals surface area contributed by atoms with Gasteiger partial charge in [0.15, 0.2) is 0 Å². The van der Waals surface area contributed by atoms with Crippen molar-refractivity contribution >= 4 is 26.9 Å². The van der Waals surface area contributed by atoms with Gasteiger partial charge < -0.3 is 9.90 Å². The van der Waals surface area contributed by atoms with Gasteiger partial charge in [-0.15, -0.1) is 0 Å². The van der Waals surface area contributed by atoms with Gasteiger partial charge in [0, 0.05) is 5.97 Å². The monoisotopic (exact) mass is 330 g/mol.